The molecule has 3 amide bonds. The van der Waals surface area contributed by atoms with Gasteiger partial charge in [-0.05, 0) is 6.07 Å². The van der Waals surface area contributed by atoms with E-state index in [9.17, 15) is 31.2 Å². The fraction of sp³-hybridized carbons (Fsp3) is 0.588. The number of hydrogen-bond acceptors (Lipinski definition) is 6. The summed E-state index contributed by atoms with van der Waals surface area (Å²) < 4.78 is 69.9. The van der Waals surface area contributed by atoms with E-state index in [-0.39, 0.29) is 32.6 Å². The highest BCUT2D eigenvalue weighted by Crippen LogP contribution is 2.43. The van der Waals surface area contributed by atoms with Gasteiger partial charge in [0.05, 0.1) is 18.7 Å². The number of urea groups is 1. The number of alkyl carbamates (subject to hydrolysis) is 1. The molecule has 10 nitrogen and oxygen atoms in total. The van der Waals surface area contributed by atoms with E-state index in [1.54, 1.807) is 9.80 Å². The number of pyridine rings is 1. The van der Waals surface area contributed by atoms with Gasteiger partial charge in [-0.25, -0.2) is 18.0 Å². The number of nitrogens with one attached hydrogen (secondary N) is 1. The van der Waals surface area contributed by atoms with Crippen molar-refractivity contribution < 1.29 is 37.3 Å². The molecule has 1 aromatic rings. The number of aromatic nitrogens is 1. The molecular formula is C17H20F3N5O5S. The molecule has 0 atom stereocenters. The van der Waals surface area contributed by atoms with Crippen molar-refractivity contribution in [2.24, 2.45) is 5.41 Å². The zero-order valence-corrected chi connectivity index (χ0v) is 16.9. The van der Waals surface area contributed by atoms with Crippen LogP contribution in [0, 0.1) is 5.41 Å². The minimum Gasteiger partial charge on any atom is -0.447 e. The summed E-state index contributed by atoms with van der Waals surface area (Å²) in [5.74, 6) is 0. The fourth-order valence-corrected chi connectivity index (χ4v) is 6.17. The summed E-state index contributed by atoms with van der Waals surface area (Å²) in [5.41, 5.74) is -2.03. The highest BCUT2D eigenvalue weighted by molar-refractivity contribution is 7.89. The summed E-state index contributed by atoms with van der Waals surface area (Å²) in [7, 11) is -4.10. The Hall–Kier alpha value is -2.61. The average Bonchev–Trinajstić information content (AvgIpc) is 2.99. The van der Waals surface area contributed by atoms with Gasteiger partial charge in [0.25, 0.3) is 0 Å². The second kappa shape index (κ2) is 6.22. The van der Waals surface area contributed by atoms with Crippen LogP contribution in [0.25, 0.3) is 0 Å². The molecule has 0 radical (unpaired) electrons. The van der Waals surface area contributed by atoms with Crippen LogP contribution in [0.3, 0.4) is 0 Å². The maximum atomic E-state index is 12.9. The minimum absolute atomic E-state index is 0. The smallest absolute Gasteiger partial charge is 0.417 e. The number of amides is 3. The van der Waals surface area contributed by atoms with Gasteiger partial charge in [0.15, 0.2) is 0 Å². The van der Waals surface area contributed by atoms with E-state index in [1.807, 2.05) is 0 Å². The first-order valence-electron chi connectivity index (χ1n) is 9.43. The zero-order chi connectivity index (χ0) is 22.2. The number of sulfonamides is 1. The van der Waals surface area contributed by atoms with Crippen LogP contribution in [0.1, 0.15) is 6.99 Å². The van der Waals surface area contributed by atoms with Gasteiger partial charge in [0.1, 0.15) is 17.0 Å². The molecule has 31 heavy (non-hydrogen) atoms. The van der Waals surface area contributed by atoms with Crippen LogP contribution in [0.5, 0.6) is 0 Å². The molecule has 4 fully saturated rings. The molecule has 0 unspecified atom stereocenters. The molecule has 0 saturated carbocycles. The normalized spacial score (nSPS) is 24.3. The summed E-state index contributed by atoms with van der Waals surface area (Å²) in [6, 6.07) is 0.385. The Bertz CT molecular complexity index is 1060. The lowest BCUT2D eigenvalue weighted by Crippen LogP contribution is -2.77. The van der Waals surface area contributed by atoms with Crippen molar-refractivity contribution in [1.29, 1.82) is 0 Å². The quantitative estimate of drug-likeness (QED) is 0.686. The number of hydrogen-bond donors (Lipinski definition) is 1. The van der Waals surface area contributed by atoms with Crippen LogP contribution in [0.2, 0.25) is 0 Å². The van der Waals surface area contributed by atoms with Crippen LogP contribution >= 0.6 is 0 Å². The number of likely N-dealkylation sites (tertiary alicyclic amines) is 2. The first kappa shape index (κ1) is 20.3. The third-order valence-corrected chi connectivity index (χ3v) is 7.89. The Morgan fingerprint density at radius 1 is 1.13 bits per heavy atom. The van der Waals surface area contributed by atoms with Gasteiger partial charge in [-0.2, -0.15) is 17.5 Å². The maximum absolute atomic E-state index is 12.9. The average molecular weight is 463 g/mol. The second-order valence-electron chi connectivity index (χ2n) is 8.66. The third-order valence-electron chi connectivity index (χ3n) is 6.13. The van der Waals surface area contributed by atoms with Crippen LogP contribution in [0.15, 0.2) is 23.4 Å². The Labute approximate surface area is 176 Å². The van der Waals surface area contributed by atoms with E-state index in [4.69, 9.17) is 4.74 Å². The van der Waals surface area contributed by atoms with Crippen molar-refractivity contribution in [1.82, 2.24) is 24.4 Å². The fourth-order valence-electron chi connectivity index (χ4n) is 4.52. The molecule has 5 heterocycles. The SMILES string of the molecule is O=C1NC2(CO1)CN(C(=O)N1CC3(C1)CN(S(=O)(=O)c1cncc(C(F)(F)F)c1)C3)C2.[HH]. The summed E-state index contributed by atoms with van der Waals surface area (Å²) in [4.78, 5) is 29.8. The molecule has 0 bridgehead atoms. The molecule has 0 aromatic carbocycles. The maximum Gasteiger partial charge on any atom is 0.417 e. The van der Waals surface area contributed by atoms with Crippen molar-refractivity contribution in [3.8, 4) is 0 Å². The van der Waals surface area contributed by atoms with Crippen LogP contribution in [-0.2, 0) is 20.9 Å². The molecule has 1 aromatic heterocycles. The van der Waals surface area contributed by atoms with E-state index in [2.05, 4.69) is 10.3 Å². The first-order valence-corrected chi connectivity index (χ1v) is 10.9. The standard InChI is InChI=1S/C17H18F3N5O5S.H2/c18-17(19,20)11-1-12(3-21-2-11)31(28,29)25-6-15(7-25)4-23(5-15)14(27)24-8-16(9-24)10-30-13(26)22-16;/h1-3H,4-10H2,(H,22,26);1H. The summed E-state index contributed by atoms with van der Waals surface area (Å²) in [6.07, 6.45) is -3.71. The molecule has 170 valence electrons. The predicted octanol–water partition coefficient (Wildman–Crippen LogP) is 0.567. The molecule has 0 aliphatic carbocycles. The lowest BCUT2D eigenvalue weighted by Gasteiger charge is -2.60. The van der Waals surface area contributed by atoms with Gasteiger partial charge in [-0.3, -0.25) is 4.98 Å². The van der Waals surface area contributed by atoms with Crippen LogP contribution in [0.4, 0.5) is 22.8 Å². The van der Waals surface area contributed by atoms with E-state index in [0.717, 1.165) is 10.5 Å². The van der Waals surface area contributed by atoms with Gasteiger partial charge < -0.3 is 19.9 Å². The summed E-state index contributed by atoms with van der Waals surface area (Å²) in [6.45, 7) is 1.91. The molecule has 14 heteroatoms. The number of rotatable bonds is 2. The molecule has 5 rings (SSSR count). The third kappa shape index (κ3) is 3.19. The van der Waals surface area contributed by atoms with Crippen molar-refractivity contribution in [3.63, 3.8) is 0 Å². The predicted molar refractivity (Wildman–Crippen MR) is 98.3 cm³/mol. The lowest BCUT2D eigenvalue weighted by molar-refractivity contribution is -0.138. The van der Waals surface area contributed by atoms with Crippen LogP contribution < -0.4 is 5.32 Å². The van der Waals surface area contributed by atoms with Crippen molar-refractivity contribution >= 4 is 22.1 Å². The molecular weight excluding hydrogens is 443 g/mol. The number of halogens is 3. The lowest BCUT2D eigenvalue weighted by atomic mass is 9.74. The number of carbonyl (C=O) groups is 2. The van der Waals surface area contributed by atoms with Gasteiger partial charge >= 0.3 is 18.3 Å². The van der Waals surface area contributed by atoms with Crippen LogP contribution in [-0.4, -0.2) is 91.0 Å². The van der Waals surface area contributed by atoms with Gasteiger partial charge in [0, 0.05) is 45.4 Å². The van der Waals surface area contributed by atoms with Crippen molar-refractivity contribution in [2.75, 3.05) is 45.9 Å². The van der Waals surface area contributed by atoms with Crippen molar-refractivity contribution in [3.05, 3.63) is 24.0 Å². The summed E-state index contributed by atoms with van der Waals surface area (Å²) >= 11 is 0. The molecule has 4 aliphatic rings. The number of cyclic esters (lactones) is 1. The molecule has 4 aliphatic heterocycles. The van der Waals surface area contributed by atoms with Gasteiger partial charge in [0.2, 0.25) is 10.0 Å². The molecule has 1 N–H and O–H groups in total. The number of carbonyl (C=O) groups excluding carboxylic acids is 2. The highest BCUT2D eigenvalue weighted by atomic mass is 32.2. The Morgan fingerprint density at radius 3 is 2.35 bits per heavy atom. The van der Waals surface area contributed by atoms with Gasteiger partial charge in [-0.1, -0.05) is 0 Å². The zero-order valence-electron chi connectivity index (χ0n) is 16.1. The first-order chi connectivity index (χ1) is 14.4. The number of nitrogens with zero attached hydrogens (tertiary/aromatic N) is 4. The topological polar surface area (TPSA) is 112 Å². The number of alkyl halides is 3. The van der Waals surface area contributed by atoms with Crippen molar-refractivity contribution in [2.45, 2.75) is 16.6 Å². The largest absolute Gasteiger partial charge is 0.447 e. The number of ether oxygens (including phenoxy) is 1. The van der Waals surface area contributed by atoms with E-state index in [1.165, 1.54) is 0 Å². The highest BCUT2D eigenvalue weighted by Gasteiger charge is 2.59. The molecule has 4 saturated heterocycles. The van der Waals surface area contributed by atoms with E-state index < -0.39 is 38.3 Å². The van der Waals surface area contributed by atoms with E-state index >= 15 is 0 Å². The second-order valence-corrected chi connectivity index (χ2v) is 10.6. The minimum atomic E-state index is -4.69. The van der Waals surface area contributed by atoms with E-state index in [0.29, 0.717) is 38.4 Å². The Morgan fingerprint density at radius 2 is 1.77 bits per heavy atom. The summed E-state index contributed by atoms with van der Waals surface area (Å²) in [5, 5.41) is 2.69. The van der Waals surface area contributed by atoms with Gasteiger partial charge in [-0.15, -0.1) is 0 Å². The Kier molecular flexibility index (Phi) is 4.07. The monoisotopic (exact) mass is 463 g/mol. The Balaban J connectivity index is 0.00000245. The molecule has 2 spiro atoms.